The number of anilines is 1. The topological polar surface area (TPSA) is 64.0 Å². The summed E-state index contributed by atoms with van der Waals surface area (Å²) in [5.41, 5.74) is 3.44. The lowest BCUT2D eigenvalue weighted by Gasteiger charge is -2.19. The first-order chi connectivity index (χ1) is 12.9. The summed E-state index contributed by atoms with van der Waals surface area (Å²) in [5, 5.41) is 3.49. The van der Waals surface area contributed by atoms with Crippen LogP contribution in [0.15, 0.2) is 53.6 Å². The largest absolute Gasteiger partial charge is 0.324 e. The first-order valence-electron chi connectivity index (χ1n) is 9.29. The average Bonchev–Trinajstić information content (AvgIpc) is 2.66. The standard InChI is InChI=1S/C22H25N3O2/c1-5-20(25-13-23-19-9-7-6-8-17(19)22(25)27)21(26)24-18-11-10-16(14(2)3)12-15(18)4/h6-14,20H,5H2,1-4H3,(H,24,26). The maximum Gasteiger partial charge on any atom is 0.261 e. The van der Waals surface area contributed by atoms with Crippen molar-refractivity contribution >= 4 is 22.5 Å². The first-order valence-corrected chi connectivity index (χ1v) is 9.29. The third-order valence-corrected chi connectivity index (χ3v) is 4.89. The van der Waals surface area contributed by atoms with Crippen LogP contribution in [0.2, 0.25) is 0 Å². The number of benzene rings is 2. The Labute approximate surface area is 159 Å². The molecule has 1 unspecified atom stereocenters. The van der Waals surface area contributed by atoms with Gasteiger partial charge in [0.25, 0.3) is 5.56 Å². The van der Waals surface area contributed by atoms with Crippen molar-refractivity contribution < 1.29 is 4.79 Å². The van der Waals surface area contributed by atoms with Crippen LogP contribution in [0.4, 0.5) is 5.69 Å². The van der Waals surface area contributed by atoms with Crippen molar-refractivity contribution in [3.63, 3.8) is 0 Å². The van der Waals surface area contributed by atoms with Gasteiger partial charge in [-0.2, -0.15) is 0 Å². The molecule has 3 rings (SSSR count). The molecule has 1 aromatic heterocycles. The Kier molecular flexibility index (Phi) is 5.40. The van der Waals surface area contributed by atoms with Crippen molar-refractivity contribution in [2.24, 2.45) is 0 Å². The van der Waals surface area contributed by atoms with Crippen LogP contribution in [0, 0.1) is 6.92 Å². The third-order valence-electron chi connectivity index (χ3n) is 4.89. The lowest BCUT2D eigenvalue weighted by Crippen LogP contribution is -2.33. The highest BCUT2D eigenvalue weighted by Crippen LogP contribution is 2.23. The van der Waals surface area contributed by atoms with E-state index < -0.39 is 6.04 Å². The number of carbonyl (C=O) groups excluding carboxylic acids is 1. The highest BCUT2D eigenvalue weighted by molar-refractivity contribution is 5.94. The number of carbonyl (C=O) groups is 1. The van der Waals surface area contributed by atoms with Crippen LogP contribution in [0.1, 0.15) is 50.3 Å². The summed E-state index contributed by atoms with van der Waals surface area (Å²) < 4.78 is 1.43. The normalized spacial score (nSPS) is 12.3. The highest BCUT2D eigenvalue weighted by Gasteiger charge is 2.21. The van der Waals surface area contributed by atoms with E-state index in [-0.39, 0.29) is 11.5 Å². The van der Waals surface area contributed by atoms with Crippen LogP contribution in [-0.4, -0.2) is 15.5 Å². The van der Waals surface area contributed by atoms with E-state index in [0.29, 0.717) is 23.2 Å². The number of para-hydroxylation sites is 1. The molecule has 5 nitrogen and oxygen atoms in total. The van der Waals surface area contributed by atoms with Crippen LogP contribution >= 0.6 is 0 Å². The van der Waals surface area contributed by atoms with Gasteiger partial charge in [0.2, 0.25) is 5.91 Å². The van der Waals surface area contributed by atoms with E-state index in [9.17, 15) is 9.59 Å². The van der Waals surface area contributed by atoms with Crippen molar-refractivity contribution in [1.29, 1.82) is 0 Å². The van der Waals surface area contributed by atoms with Crippen molar-refractivity contribution in [2.75, 3.05) is 5.32 Å². The van der Waals surface area contributed by atoms with Crippen LogP contribution < -0.4 is 10.9 Å². The molecule has 2 aromatic carbocycles. The van der Waals surface area contributed by atoms with Crippen molar-refractivity contribution in [2.45, 2.75) is 46.1 Å². The molecule has 1 amide bonds. The van der Waals surface area contributed by atoms with Crippen LogP contribution in [0.3, 0.4) is 0 Å². The lowest BCUT2D eigenvalue weighted by atomic mass is 10.00. The minimum Gasteiger partial charge on any atom is -0.324 e. The van der Waals surface area contributed by atoms with Gasteiger partial charge >= 0.3 is 0 Å². The minimum atomic E-state index is -0.612. The molecular weight excluding hydrogens is 338 g/mol. The Bertz CT molecular complexity index is 1040. The lowest BCUT2D eigenvalue weighted by molar-refractivity contribution is -0.119. The molecule has 0 saturated carbocycles. The number of aryl methyl sites for hydroxylation is 1. The predicted molar refractivity (Wildman–Crippen MR) is 109 cm³/mol. The SMILES string of the molecule is CCC(C(=O)Nc1ccc(C(C)C)cc1C)n1cnc2ccccc2c1=O. The molecule has 1 atom stereocenters. The molecule has 5 heteroatoms. The van der Waals surface area contributed by atoms with Crippen molar-refractivity contribution in [1.82, 2.24) is 9.55 Å². The fraction of sp³-hybridized carbons (Fsp3) is 0.318. The van der Waals surface area contributed by atoms with Gasteiger partial charge in [-0.05, 0) is 48.6 Å². The second-order valence-electron chi connectivity index (χ2n) is 7.12. The smallest absolute Gasteiger partial charge is 0.261 e. The Morgan fingerprint density at radius 2 is 1.93 bits per heavy atom. The van der Waals surface area contributed by atoms with E-state index in [1.54, 1.807) is 18.2 Å². The zero-order chi connectivity index (χ0) is 19.6. The number of nitrogens with one attached hydrogen (secondary N) is 1. The monoisotopic (exact) mass is 363 g/mol. The fourth-order valence-electron chi connectivity index (χ4n) is 3.22. The first kappa shape index (κ1) is 18.8. The van der Waals surface area contributed by atoms with Crippen LogP contribution in [0.5, 0.6) is 0 Å². The summed E-state index contributed by atoms with van der Waals surface area (Å²) >= 11 is 0. The summed E-state index contributed by atoms with van der Waals surface area (Å²) in [6.45, 7) is 8.14. The molecule has 140 valence electrons. The summed E-state index contributed by atoms with van der Waals surface area (Å²) in [6, 6.07) is 12.6. The molecule has 0 bridgehead atoms. The number of amides is 1. The van der Waals surface area contributed by atoms with E-state index >= 15 is 0 Å². The second kappa shape index (κ2) is 7.74. The zero-order valence-corrected chi connectivity index (χ0v) is 16.2. The number of aromatic nitrogens is 2. The third kappa shape index (κ3) is 3.77. The maximum absolute atomic E-state index is 12.9. The molecule has 1 N–H and O–H groups in total. The van der Waals surface area contributed by atoms with Gasteiger partial charge in [0, 0.05) is 5.69 Å². The van der Waals surface area contributed by atoms with Gasteiger partial charge in [-0.1, -0.05) is 45.0 Å². The van der Waals surface area contributed by atoms with E-state index in [0.717, 1.165) is 11.3 Å². The van der Waals surface area contributed by atoms with E-state index in [2.05, 4.69) is 30.2 Å². The summed E-state index contributed by atoms with van der Waals surface area (Å²) in [4.78, 5) is 30.1. The molecule has 0 radical (unpaired) electrons. The van der Waals surface area contributed by atoms with Gasteiger partial charge in [0.05, 0.1) is 17.2 Å². The van der Waals surface area contributed by atoms with E-state index in [1.807, 2.05) is 32.0 Å². The molecule has 0 aliphatic rings. The molecule has 0 fully saturated rings. The molecule has 27 heavy (non-hydrogen) atoms. The summed E-state index contributed by atoms with van der Waals surface area (Å²) in [5.74, 6) is 0.219. The van der Waals surface area contributed by atoms with Gasteiger partial charge in [-0.3, -0.25) is 14.2 Å². The Hall–Kier alpha value is -2.95. The van der Waals surface area contributed by atoms with Gasteiger partial charge in [-0.15, -0.1) is 0 Å². The Morgan fingerprint density at radius 1 is 1.19 bits per heavy atom. The molecule has 0 aliphatic heterocycles. The number of nitrogens with zero attached hydrogens (tertiary/aromatic N) is 2. The molecule has 1 heterocycles. The van der Waals surface area contributed by atoms with Crippen LogP contribution in [0.25, 0.3) is 10.9 Å². The number of hydrogen-bond acceptors (Lipinski definition) is 3. The fourth-order valence-corrected chi connectivity index (χ4v) is 3.22. The van der Waals surface area contributed by atoms with E-state index in [1.165, 1.54) is 16.5 Å². The number of rotatable bonds is 5. The number of fused-ring (bicyclic) bond motifs is 1. The van der Waals surface area contributed by atoms with Crippen LogP contribution in [-0.2, 0) is 4.79 Å². The van der Waals surface area contributed by atoms with Crippen molar-refractivity contribution in [3.05, 3.63) is 70.3 Å². The Morgan fingerprint density at radius 3 is 2.59 bits per heavy atom. The molecule has 3 aromatic rings. The summed E-state index contributed by atoms with van der Waals surface area (Å²) in [7, 11) is 0. The maximum atomic E-state index is 12.9. The van der Waals surface area contributed by atoms with Crippen molar-refractivity contribution in [3.8, 4) is 0 Å². The average molecular weight is 363 g/mol. The van der Waals surface area contributed by atoms with Gasteiger partial charge in [-0.25, -0.2) is 4.98 Å². The van der Waals surface area contributed by atoms with Gasteiger partial charge < -0.3 is 5.32 Å². The predicted octanol–water partition coefficient (Wildman–Crippen LogP) is 4.42. The molecule has 0 spiro atoms. The quantitative estimate of drug-likeness (QED) is 0.730. The summed E-state index contributed by atoms with van der Waals surface area (Å²) in [6.07, 6.45) is 1.96. The zero-order valence-electron chi connectivity index (χ0n) is 16.2. The van der Waals surface area contributed by atoms with Gasteiger partial charge in [0.1, 0.15) is 6.04 Å². The Balaban J connectivity index is 1.91. The molecular formula is C22H25N3O2. The van der Waals surface area contributed by atoms with Gasteiger partial charge in [0.15, 0.2) is 0 Å². The minimum absolute atomic E-state index is 0.200. The van der Waals surface area contributed by atoms with E-state index in [4.69, 9.17) is 0 Å². The molecule has 0 aliphatic carbocycles. The second-order valence-corrected chi connectivity index (χ2v) is 7.12. The molecule has 0 saturated heterocycles. The highest BCUT2D eigenvalue weighted by atomic mass is 16.2. The number of hydrogen-bond donors (Lipinski definition) is 1.